The number of sulfone groups is 1. The topological polar surface area (TPSA) is 118 Å². The van der Waals surface area contributed by atoms with E-state index >= 15 is 0 Å². The zero-order chi connectivity index (χ0) is 12.2. The smallest absolute Gasteiger partial charge is 0.236 e. The Balaban J connectivity index is 2.36. The second kappa shape index (κ2) is 5.26. The predicted molar refractivity (Wildman–Crippen MR) is 57.3 cm³/mol. The molecule has 92 valence electrons. The number of primary amides is 1. The lowest BCUT2D eigenvalue weighted by Crippen LogP contribution is -2.47. The third-order valence-corrected chi connectivity index (χ3v) is 3.93. The van der Waals surface area contributed by atoms with E-state index in [4.69, 9.17) is 5.73 Å². The molecule has 1 unspecified atom stereocenters. The maximum absolute atomic E-state index is 11.3. The second-order valence-corrected chi connectivity index (χ2v) is 5.94. The molecule has 0 aromatic heterocycles. The zero-order valence-corrected chi connectivity index (χ0v) is 9.55. The van der Waals surface area contributed by atoms with Crippen molar-refractivity contribution in [2.75, 3.05) is 24.6 Å². The molecule has 0 bridgehead atoms. The first-order valence-corrected chi connectivity index (χ1v) is 6.70. The molecule has 4 N–H and O–H groups in total. The summed E-state index contributed by atoms with van der Waals surface area (Å²) in [5, 5.41) is 5.25. The number of nitrogens with two attached hydrogens (primary N) is 1. The first-order chi connectivity index (χ1) is 7.39. The van der Waals surface area contributed by atoms with Gasteiger partial charge in [0.05, 0.1) is 18.1 Å². The summed E-state index contributed by atoms with van der Waals surface area (Å²) in [7, 11) is -3.04. The third kappa shape index (κ3) is 4.58. The van der Waals surface area contributed by atoms with E-state index < -0.39 is 15.7 Å². The van der Waals surface area contributed by atoms with Gasteiger partial charge in [-0.15, -0.1) is 0 Å². The van der Waals surface area contributed by atoms with E-state index in [9.17, 15) is 18.0 Å². The summed E-state index contributed by atoms with van der Waals surface area (Å²) in [5.41, 5.74) is 4.85. The van der Waals surface area contributed by atoms with Crippen molar-refractivity contribution >= 4 is 21.7 Å². The summed E-state index contributed by atoms with van der Waals surface area (Å²) in [6.45, 7) is 0.133. The minimum absolute atomic E-state index is 0.0342. The SMILES string of the molecule is NC(=O)CNC(=O)CC1CS(=O)(=O)CCN1. The summed E-state index contributed by atoms with van der Waals surface area (Å²) in [4.78, 5) is 21.7. The molecule has 8 heteroatoms. The van der Waals surface area contributed by atoms with Gasteiger partial charge in [0.15, 0.2) is 9.84 Å². The van der Waals surface area contributed by atoms with Gasteiger partial charge in [-0.05, 0) is 0 Å². The molecule has 2 amide bonds. The summed E-state index contributed by atoms with van der Waals surface area (Å²) in [6, 6.07) is -0.383. The predicted octanol–water partition coefficient (Wildman–Crippen LogP) is -2.64. The molecule has 0 aromatic carbocycles. The first kappa shape index (κ1) is 12.9. The van der Waals surface area contributed by atoms with Crippen LogP contribution in [0.1, 0.15) is 6.42 Å². The van der Waals surface area contributed by atoms with Crippen molar-refractivity contribution in [3.63, 3.8) is 0 Å². The average molecular weight is 249 g/mol. The second-order valence-electron chi connectivity index (χ2n) is 3.71. The summed E-state index contributed by atoms with van der Waals surface area (Å²) >= 11 is 0. The maximum Gasteiger partial charge on any atom is 0.236 e. The van der Waals surface area contributed by atoms with Gasteiger partial charge in [-0.25, -0.2) is 8.42 Å². The highest BCUT2D eigenvalue weighted by Crippen LogP contribution is 2.04. The highest BCUT2D eigenvalue weighted by molar-refractivity contribution is 7.91. The zero-order valence-electron chi connectivity index (χ0n) is 8.73. The van der Waals surface area contributed by atoms with E-state index in [1.807, 2.05) is 0 Å². The number of carbonyl (C=O) groups is 2. The van der Waals surface area contributed by atoms with E-state index in [0.717, 1.165) is 0 Å². The van der Waals surface area contributed by atoms with Crippen molar-refractivity contribution < 1.29 is 18.0 Å². The van der Waals surface area contributed by atoms with Gasteiger partial charge in [0, 0.05) is 19.0 Å². The standard InChI is InChI=1S/C8H15N3O4S/c9-7(12)4-11-8(13)3-6-5-16(14,15)2-1-10-6/h6,10H,1-5H2,(H2,9,12)(H,11,13). The summed E-state index contributed by atoms with van der Waals surface area (Å²) < 4.78 is 22.5. The van der Waals surface area contributed by atoms with Gasteiger partial charge >= 0.3 is 0 Å². The Bertz CT molecular complexity index is 379. The number of hydrogen-bond acceptors (Lipinski definition) is 5. The first-order valence-electron chi connectivity index (χ1n) is 4.88. The van der Waals surface area contributed by atoms with Crippen LogP contribution in [0.25, 0.3) is 0 Å². The number of carbonyl (C=O) groups excluding carboxylic acids is 2. The third-order valence-electron chi connectivity index (χ3n) is 2.19. The van der Waals surface area contributed by atoms with Gasteiger partial charge in [-0.3, -0.25) is 9.59 Å². The van der Waals surface area contributed by atoms with E-state index in [-0.39, 0.29) is 36.4 Å². The van der Waals surface area contributed by atoms with Crippen LogP contribution in [-0.2, 0) is 19.4 Å². The Morgan fingerprint density at radius 2 is 2.12 bits per heavy atom. The Morgan fingerprint density at radius 1 is 1.44 bits per heavy atom. The lowest BCUT2D eigenvalue weighted by atomic mass is 10.2. The lowest BCUT2D eigenvalue weighted by Gasteiger charge is -2.22. The molecular formula is C8H15N3O4S. The monoisotopic (exact) mass is 249 g/mol. The van der Waals surface area contributed by atoms with Crippen molar-refractivity contribution in [2.45, 2.75) is 12.5 Å². The quantitative estimate of drug-likeness (QED) is 0.503. The highest BCUT2D eigenvalue weighted by Gasteiger charge is 2.25. The number of nitrogens with one attached hydrogen (secondary N) is 2. The van der Waals surface area contributed by atoms with E-state index in [1.165, 1.54) is 0 Å². The van der Waals surface area contributed by atoms with Crippen LogP contribution in [0, 0.1) is 0 Å². The number of rotatable bonds is 4. The molecule has 0 radical (unpaired) electrons. The Hall–Kier alpha value is -1.15. The van der Waals surface area contributed by atoms with Crippen LogP contribution >= 0.6 is 0 Å². The van der Waals surface area contributed by atoms with Crippen molar-refractivity contribution in [2.24, 2.45) is 5.73 Å². The van der Waals surface area contributed by atoms with E-state index in [2.05, 4.69) is 10.6 Å². The lowest BCUT2D eigenvalue weighted by molar-refractivity contribution is -0.125. The Morgan fingerprint density at radius 3 is 2.69 bits per heavy atom. The van der Waals surface area contributed by atoms with Gasteiger partial charge in [-0.2, -0.15) is 0 Å². The normalized spacial score (nSPS) is 23.6. The summed E-state index contributed by atoms with van der Waals surface area (Å²) in [5.74, 6) is -0.949. The van der Waals surface area contributed by atoms with Crippen LogP contribution in [-0.4, -0.2) is 50.9 Å². The van der Waals surface area contributed by atoms with Gasteiger partial charge in [0.2, 0.25) is 11.8 Å². The van der Waals surface area contributed by atoms with Crippen molar-refractivity contribution in [3.05, 3.63) is 0 Å². The number of hydrogen-bond donors (Lipinski definition) is 3. The van der Waals surface area contributed by atoms with Gasteiger partial charge < -0.3 is 16.4 Å². The molecule has 1 aliphatic rings. The van der Waals surface area contributed by atoms with Crippen molar-refractivity contribution in [1.29, 1.82) is 0 Å². The van der Waals surface area contributed by atoms with Crippen LogP contribution in [0.4, 0.5) is 0 Å². The molecule has 0 aliphatic carbocycles. The minimum Gasteiger partial charge on any atom is -0.368 e. The molecule has 7 nitrogen and oxygen atoms in total. The largest absolute Gasteiger partial charge is 0.368 e. The van der Waals surface area contributed by atoms with Gasteiger partial charge in [0.25, 0.3) is 0 Å². The Labute approximate surface area is 93.7 Å². The van der Waals surface area contributed by atoms with Crippen LogP contribution < -0.4 is 16.4 Å². The summed E-state index contributed by atoms with van der Waals surface area (Å²) in [6.07, 6.45) is 0.0342. The highest BCUT2D eigenvalue weighted by atomic mass is 32.2. The molecule has 0 aromatic rings. The molecule has 1 heterocycles. The molecule has 1 fully saturated rings. The van der Waals surface area contributed by atoms with Crippen LogP contribution in [0.5, 0.6) is 0 Å². The average Bonchev–Trinajstić information content (AvgIpc) is 2.13. The molecule has 16 heavy (non-hydrogen) atoms. The van der Waals surface area contributed by atoms with Crippen molar-refractivity contribution in [1.82, 2.24) is 10.6 Å². The van der Waals surface area contributed by atoms with Crippen molar-refractivity contribution in [3.8, 4) is 0 Å². The molecule has 1 rings (SSSR count). The fourth-order valence-electron chi connectivity index (χ4n) is 1.48. The fraction of sp³-hybridized carbons (Fsp3) is 0.750. The molecule has 1 saturated heterocycles. The number of amides is 2. The maximum atomic E-state index is 11.3. The molecule has 1 aliphatic heterocycles. The van der Waals surface area contributed by atoms with Crippen LogP contribution in [0.15, 0.2) is 0 Å². The van der Waals surface area contributed by atoms with Gasteiger partial charge in [0.1, 0.15) is 0 Å². The molecule has 0 saturated carbocycles. The van der Waals surface area contributed by atoms with Crippen LogP contribution in [0.2, 0.25) is 0 Å². The van der Waals surface area contributed by atoms with Crippen LogP contribution in [0.3, 0.4) is 0 Å². The van der Waals surface area contributed by atoms with E-state index in [1.54, 1.807) is 0 Å². The molecule has 1 atom stereocenters. The minimum atomic E-state index is -3.04. The van der Waals surface area contributed by atoms with E-state index in [0.29, 0.717) is 6.54 Å². The van der Waals surface area contributed by atoms with Gasteiger partial charge in [-0.1, -0.05) is 0 Å². The molecular weight excluding hydrogens is 234 g/mol. The fourth-order valence-corrected chi connectivity index (χ4v) is 2.92. The molecule has 0 spiro atoms. The Kier molecular flexibility index (Phi) is 4.25.